The number of halogens is 1. The van der Waals surface area contributed by atoms with E-state index in [9.17, 15) is 0 Å². The van der Waals surface area contributed by atoms with Crippen molar-refractivity contribution in [2.45, 2.75) is 65.0 Å². The molecule has 0 bridgehead atoms. The van der Waals surface area contributed by atoms with Crippen LogP contribution in [-0.2, 0) is 13.0 Å². The number of benzene rings is 1. The molecule has 1 aromatic carbocycles. The second-order valence-corrected chi connectivity index (χ2v) is 7.87. The van der Waals surface area contributed by atoms with Crippen LogP contribution < -0.4 is 10.6 Å². The smallest absolute Gasteiger partial charge is 0.191 e. The highest BCUT2D eigenvalue weighted by Gasteiger charge is 2.23. The highest BCUT2D eigenvalue weighted by Crippen LogP contribution is 2.17. The first-order valence-corrected chi connectivity index (χ1v) is 9.93. The number of nitrogens with zero attached hydrogens (tertiary/aromatic N) is 4. The lowest BCUT2D eigenvalue weighted by atomic mass is 9.99. The molecule has 0 saturated carbocycles. The number of guanidine groups is 1. The molecule has 2 N–H and O–H groups in total. The molecule has 1 aromatic heterocycles. The molecule has 0 aliphatic carbocycles. The number of rotatable bonds is 5. The summed E-state index contributed by atoms with van der Waals surface area (Å²) < 4.78 is 2.05. The average molecular weight is 496 g/mol. The molecule has 1 aliphatic rings. The summed E-state index contributed by atoms with van der Waals surface area (Å²) in [7, 11) is 1.83. The molecule has 0 amide bonds. The number of nitrogens with one attached hydrogen (secondary N) is 2. The lowest BCUT2D eigenvalue weighted by Crippen LogP contribution is -2.47. The van der Waals surface area contributed by atoms with Crippen molar-refractivity contribution >= 4 is 29.9 Å². The van der Waals surface area contributed by atoms with Gasteiger partial charge in [-0.25, -0.2) is 9.67 Å². The highest BCUT2D eigenvalue weighted by molar-refractivity contribution is 14.0. The predicted molar refractivity (Wildman–Crippen MR) is 126 cm³/mol. The van der Waals surface area contributed by atoms with Crippen LogP contribution in [0.2, 0.25) is 0 Å². The number of hydrogen-bond donors (Lipinski definition) is 2. The molecule has 2 unspecified atom stereocenters. The largest absolute Gasteiger partial charge is 0.356 e. The van der Waals surface area contributed by atoms with E-state index in [0.29, 0.717) is 17.9 Å². The summed E-state index contributed by atoms with van der Waals surface area (Å²) in [6.45, 7) is 10.3. The van der Waals surface area contributed by atoms with Crippen LogP contribution in [-0.4, -0.2) is 40.4 Å². The van der Waals surface area contributed by atoms with Crippen LogP contribution in [0.25, 0.3) is 0 Å². The first-order chi connectivity index (χ1) is 13.0. The molecule has 28 heavy (non-hydrogen) atoms. The fourth-order valence-corrected chi connectivity index (χ4v) is 3.42. The Morgan fingerprint density at radius 1 is 1.32 bits per heavy atom. The minimum Gasteiger partial charge on any atom is -0.356 e. The van der Waals surface area contributed by atoms with E-state index >= 15 is 0 Å². The molecular formula is C21H33IN6. The first kappa shape index (κ1) is 22.6. The van der Waals surface area contributed by atoms with Crippen molar-refractivity contribution in [2.75, 3.05) is 13.6 Å². The minimum atomic E-state index is 0. The van der Waals surface area contributed by atoms with E-state index in [-0.39, 0.29) is 24.0 Å². The molecule has 0 fully saturated rings. The summed E-state index contributed by atoms with van der Waals surface area (Å²) in [4.78, 5) is 9.07. The summed E-state index contributed by atoms with van der Waals surface area (Å²) in [5, 5.41) is 11.7. The normalized spacial score (nSPS) is 17.6. The highest BCUT2D eigenvalue weighted by atomic mass is 127. The SMILES string of the molecule is CN=C(NCC(C)c1cccc(C)c1)NC1CCc2nc(C(C)C)nn2C1.I. The van der Waals surface area contributed by atoms with Crippen LogP contribution in [0.4, 0.5) is 0 Å². The summed E-state index contributed by atoms with van der Waals surface area (Å²) in [6.07, 6.45) is 2.00. The van der Waals surface area contributed by atoms with Gasteiger partial charge in [-0.2, -0.15) is 5.10 Å². The molecular weight excluding hydrogens is 463 g/mol. The van der Waals surface area contributed by atoms with Gasteiger partial charge in [-0.05, 0) is 24.8 Å². The Balaban J connectivity index is 0.00000280. The molecule has 2 aromatic rings. The third-order valence-electron chi connectivity index (χ3n) is 5.14. The molecule has 1 aliphatic heterocycles. The van der Waals surface area contributed by atoms with Crippen molar-refractivity contribution in [1.82, 2.24) is 25.4 Å². The van der Waals surface area contributed by atoms with Crippen molar-refractivity contribution in [2.24, 2.45) is 4.99 Å². The van der Waals surface area contributed by atoms with Gasteiger partial charge in [0, 0.05) is 32.0 Å². The third-order valence-corrected chi connectivity index (χ3v) is 5.14. The molecule has 7 heteroatoms. The standard InChI is InChI=1S/C21H32N6.HI/c1-14(2)20-25-19-10-9-18(13-27(19)26-20)24-21(22-5)23-12-16(4)17-8-6-7-15(3)11-17;/h6-8,11,14,16,18H,9-10,12-13H2,1-5H3,(H2,22,23,24);1H. The molecule has 2 heterocycles. The fourth-order valence-electron chi connectivity index (χ4n) is 3.42. The topological polar surface area (TPSA) is 67.1 Å². The van der Waals surface area contributed by atoms with Gasteiger partial charge in [0.05, 0.1) is 6.54 Å². The van der Waals surface area contributed by atoms with Gasteiger partial charge in [0.25, 0.3) is 0 Å². The van der Waals surface area contributed by atoms with Gasteiger partial charge in [0.15, 0.2) is 11.8 Å². The van der Waals surface area contributed by atoms with E-state index in [1.54, 1.807) is 0 Å². The summed E-state index contributed by atoms with van der Waals surface area (Å²) >= 11 is 0. The maximum Gasteiger partial charge on any atom is 0.191 e. The van der Waals surface area contributed by atoms with Crippen molar-refractivity contribution in [3.05, 3.63) is 47.0 Å². The van der Waals surface area contributed by atoms with E-state index in [1.807, 2.05) is 7.05 Å². The zero-order valence-electron chi connectivity index (χ0n) is 17.6. The second kappa shape index (κ2) is 10.2. The number of hydrogen-bond acceptors (Lipinski definition) is 3. The Kier molecular flexibility index (Phi) is 8.27. The van der Waals surface area contributed by atoms with E-state index < -0.39 is 0 Å². The van der Waals surface area contributed by atoms with Crippen molar-refractivity contribution in [3.8, 4) is 0 Å². The Hall–Kier alpha value is -1.64. The zero-order valence-corrected chi connectivity index (χ0v) is 19.9. The Bertz CT molecular complexity index is 798. The fraction of sp³-hybridized carbons (Fsp3) is 0.571. The monoisotopic (exact) mass is 496 g/mol. The van der Waals surface area contributed by atoms with E-state index in [4.69, 9.17) is 0 Å². The predicted octanol–water partition coefficient (Wildman–Crippen LogP) is 3.61. The van der Waals surface area contributed by atoms with Crippen LogP contribution in [0.15, 0.2) is 29.3 Å². The molecule has 3 rings (SSSR count). The number of aliphatic imine (C=N–C) groups is 1. The average Bonchev–Trinajstić information content (AvgIpc) is 3.08. The van der Waals surface area contributed by atoms with Crippen molar-refractivity contribution < 1.29 is 0 Å². The lowest BCUT2D eigenvalue weighted by Gasteiger charge is -2.26. The maximum atomic E-state index is 4.66. The molecule has 6 nitrogen and oxygen atoms in total. The maximum absolute atomic E-state index is 4.66. The number of aryl methyl sites for hydroxylation is 2. The van der Waals surface area contributed by atoms with Gasteiger partial charge in [0.2, 0.25) is 0 Å². The van der Waals surface area contributed by atoms with E-state index in [2.05, 4.69) is 82.4 Å². The Labute approximate surface area is 185 Å². The van der Waals surface area contributed by atoms with Gasteiger partial charge in [-0.15, -0.1) is 24.0 Å². The summed E-state index contributed by atoms with van der Waals surface area (Å²) in [5.41, 5.74) is 2.65. The van der Waals surface area contributed by atoms with Crippen LogP contribution >= 0.6 is 24.0 Å². The van der Waals surface area contributed by atoms with Crippen LogP contribution in [0, 0.1) is 6.92 Å². The van der Waals surface area contributed by atoms with Gasteiger partial charge < -0.3 is 10.6 Å². The first-order valence-electron chi connectivity index (χ1n) is 9.93. The van der Waals surface area contributed by atoms with Crippen LogP contribution in [0.5, 0.6) is 0 Å². The lowest BCUT2D eigenvalue weighted by molar-refractivity contribution is 0.391. The van der Waals surface area contributed by atoms with Crippen LogP contribution in [0.3, 0.4) is 0 Å². The van der Waals surface area contributed by atoms with Gasteiger partial charge in [-0.1, -0.05) is 50.6 Å². The minimum absolute atomic E-state index is 0. The van der Waals surface area contributed by atoms with Crippen molar-refractivity contribution in [3.63, 3.8) is 0 Å². The van der Waals surface area contributed by atoms with Gasteiger partial charge >= 0.3 is 0 Å². The summed E-state index contributed by atoms with van der Waals surface area (Å²) in [5.74, 6) is 3.69. The molecule has 0 saturated heterocycles. The number of fused-ring (bicyclic) bond motifs is 1. The molecule has 0 radical (unpaired) electrons. The zero-order chi connectivity index (χ0) is 19.4. The van der Waals surface area contributed by atoms with E-state index in [1.165, 1.54) is 11.1 Å². The second-order valence-electron chi connectivity index (χ2n) is 7.87. The van der Waals surface area contributed by atoms with E-state index in [0.717, 1.165) is 43.5 Å². The number of aromatic nitrogens is 3. The Morgan fingerprint density at radius 3 is 2.79 bits per heavy atom. The molecule has 154 valence electrons. The van der Waals surface area contributed by atoms with Crippen molar-refractivity contribution in [1.29, 1.82) is 0 Å². The quantitative estimate of drug-likeness (QED) is 0.377. The molecule has 0 spiro atoms. The third kappa shape index (κ3) is 5.68. The van der Waals surface area contributed by atoms with Gasteiger partial charge in [-0.3, -0.25) is 4.99 Å². The van der Waals surface area contributed by atoms with Gasteiger partial charge in [0.1, 0.15) is 5.82 Å². The summed E-state index contributed by atoms with van der Waals surface area (Å²) in [6, 6.07) is 9.02. The molecule has 2 atom stereocenters. The van der Waals surface area contributed by atoms with Crippen LogP contribution in [0.1, 0.15) is 61.8 Å². The Morgan fingerprint density at radius 2 is 2.11 bits per heavy atom.